The van der Waals surface area contributed by atoms with Gasteiger partial charge < -0.3 is 9.73 Å². The zero-order valence-electron chi connectivity index (χ0n) is 11.3. The summed E-state index contributed by atoms with van der Waals surface area (Å²) in [5.74, 6) is 1.08. The Morgan fingerprint density at radius 3 is 2.89 bits per heavy atom. The van der Waals surface area contributed by atoms with Gasteiger partial charge in [-0.3, -0.25) is 0 Å². The van der Waals surface area contributed by atoms with E-state index in [4.69, 9.17) is 4.42 Å². The highest BCUT2D eigenvalue weighted by Gasteiger charge is 2.33. The lowest BCUT2D eigenvalue weighted by Crippen LogP contribution is -2.41. The zero-order chi connectivity index (χ0) is 12.6. The van der Waals surface area contributed by atoms with E-state index in [1.54, 1.807) is 0 Å². The molecule has 1 aliphatic heterocycles. The lowest BCUT2D eigenvalue weighted by molar-refractivity contribution is 0.358. The zero-order valence-corrected chi connectivity index (χ0v) is 11.3. The molecule has 1 aromatic heterocycles. The van der Waals surface area contributed by atoms with Crippen LogP contribution in [0.25, 0.3) is 11.0 Å². The molecule has 1 unspecified atom stereocenters. The molecule has 0 saturated carbocycles. The fraction of sp³-hybridized carbons (Fsp3) is 0.500. The predicted octanol–water partition coefficient (Wildman–Crippen LogP) is 3.82. The highest BCUT2D eigenvalue weighted by molar-refractivity contribution is 5.82. The molecule has 0 bridgehead atoms. The molecule has 1 fully saturated rings. The van der Waals surface area contributed by atoms with Gasteiger partial charge in [0, 0.05) is 16.5 Å². The molecule has 2 nitrogen and oxygen atoms in total. The van der Waals surface area contributed by atoms with Crippen LogP contribution in [0.5, 0.6) is 0 Å². The summed E-state index contributed by atoms with van der Waals surface area (Å²) in [7, 11) is 0. The van der Waals surface area contributed by atoms with E-state index in [1.807, 2.05) is 6.07 Å². The molecule has 0 spiro atoms. The van der Waals surface area contributed by atoms with Crippen molar-refractivity contribution in [1.29, 1.82) is 0 Å². The molecule has 1 saturated heterocycles. The van der Waals surface area contributed by atoms with Gasteiger partial charge in [0.1, 0.15) is 11.3 Å². The first-order chi connectivity index (χ1) is 8.74. The molecule has 0 aliphatic carbocycles. The minimum absolute atomic E-state index is 0.289. The average molecular weight is 243 g/mol. The molecule has 2 heteroatoms. The molecule has 18 heavy (non-hydrogen) atoms. The normalized spacial score (nSPS) is 23.9. The molecule has 2 heterocycles. The van der Waals surface area contributed by atoms with Crippen molar-refractivity contribution in [3.8, 4) is 0 Å². The molecule has 1 aliphatic rings. The third kappa shape index (κ3) is 1.85. The fourth-order valence-corrected chi connectivity index (χ4v) is 3.23. The summed E-state index contributed by atoms with van der Waals surface area (Å²) in [4.78, 5) is 0. The molecular formula is C16H21NO. The topological polar surface area (TPSA) is 25.2 Å². The van der Waals surface area contributed by atoms with Crippen LogP contribution in [0.4, 0.5) is 0 Å². The molecule has 0 amide bonds. The third-order valence-electron chi connectivity index (χ3n) is 4.42. The number of aryl methyl sites for hydroxylation is 1. The molecular weight excluding hydrogens is 222 g/mol. The average Bonchev–Trinajstić information content (AvgIpc) is 2.97. The van der Waals surface area contributed by atoms with Crippen molar-refractivity contribution in [2.24, 2.45) is 0 Å². The van der Waals surface area contributed by atoms with E-state index in [9.17, 15) is 0 Å². The van der Waals surface area contributed by atoms with Crippen LogP contribution in [0, 0.1) is 6.92 Å². The number of benzene rings is 1. The van der Waals surface area contributed by atoms with Gasteiger partial charge in [0.05, 0.1) is 0 Å². The standard InChI is InChI=1S/C16H21NO/c1-3-16(9-6-10-17-16)11-14-12(2)18-15-8-5-4-7-13(14)15/h4-5,7-8,17H,3,6,9-11H2,1-2H3. The molecule has 96 valence electrons. The molecule has 2 aromatic rings. The van der Waals surface area contributed by atoms with Crippen molar-refractivity contribution in [2.75, 3.05) is 6.54 Å². The van der Waals surface area contributed by atoms with Crippen LogP contribution in [0.15, 0.2) is 28.7 Å². The second-order valence-electron chi connectivity index (χ2n) is 5.47. The van der Waals surface area contributed by atoms with Crippen molar-refractivity contribution >= 4 is 11.0 Å². The number of hydrogen-bond acceptors (Lipinski definition) is 2. The van der Waals surface area contributed by atoms with Gasteiger partial charge in [0.15, 0.2) is 0 Å². The summed E-state index contributed by atoms with van der Waals surface area (Å²) in [6.45, 7) is 5.53. The molecule has 1 atom stereocenters. The Bertz CT molecular complexity index is 549. The maximum atomic E-state index is 5.87. The Morgan fingerprint density at radius 2 is 2.17 bits per heavy atom. The van der Waals surface area contributed by atoms with Crippen molar-refractivity contribution in [3.63, 3.8) is 0 Å². The van der Waals surface area contributed by atoms with Gasteiger partial charge in [-0.15, -0.1) is 0 Å². The lowest BCUT2D eigenvalue weighted by atomic mass is 9.86. The smallest absolute Gasteiger partial charge is 0.134 e. The van der Waals surface area contributed by atoms with Gasteiger partial charge in [0.25, 0.3) is 0 Å². The SMILES string of the molecule is CCC1(Cc2c(C)oc3ccccc23)CCCN1. The number of rotatable bonds is 3. The fourth-order valence-electron chi connectivity index (χ4n) is 3.23. The second kappa shape index (κ2) is 4.43. The van der Waals surface area contributed by atoms with E-state index < -0.39 is 0 Å². The van der Waals surface area contributed by atoms with E-state index in [2.05, 4.69) is 37.4 Å². The van der Waals surface area contributed by atoms with Gasteiger partial charge in [0.2, 0.25) is 0 Å². The lowest BCUT2D eigenvalue weighted by Gasteiger charge is -2.28. The van der Waals surface area contributed by atoms with Gasteiger partial charge in [-0.05, 0) is 45.2 Å². The van der Waals surface area contributed by atoms with Crippen LogP contribution in [0.1, 0.15) is 37.5 Å². The van der Waals surface area contributed by atoms with Crippen molar-refractivity contribution in [2.45, 2.75) is 45.1 Å². The van der Waals surface area contributed by atoms with E-state index >= 15 is 0 Å². The Balaban J connectivity index is 2.01. The second-order valence-corrected chi connectivity index (χ2v) is 5.47. The summed E-state index contributed by atoms with van der Waals surface area (Å²) in [5.41, 5.74) is 2.70. The molecule has 1 N–H and O–H groups in total. The first kappa shape index (κ1) is 11.8. The first-order valence-corrected chi connectivity index (χ1v) is 6.96. The van der Waals surface area contributed by atoms with Gasteiger partial charge in [-0.25, -0.2) is 0 Å². The number of fused-ring (bicyclic) bond motifs is 1. The van der Waals surface area contributed by atoms with Crippen LogP contribution < -0.4 is 5.32 Å². The maximum absolute atomic E-state index is 5.87. The maximum Gasteiger partial charge on any atom is 0.134 e. The highest BCUT2D eigenvalue weighted by atomic mass is 16.3. The van der Waals surface area contributed by atoms with Crippen molar-refractivity contribution < 1.29 is 4.42 Å². The first-order valence-electron chi connectivity index (χ1n) is 6.96. The Labute approximate surface area is 108 Å². The van der Waals surface area contributed by atoms with Gasteiger partial charge >= 0.3 is 0 Å². The van der Waals surface area contributed by atoms with E-state index in [-0.39, 0.29) is 5.54 Å². The highest BCUT2D eigenvalue weighted by Crippen LogP contribution is 2.33. The summed E-state index contributed by atoms with van der Waals surface area (Å²) in [6.07, 6.45) is 4.85. The van der Waals surface area contributed by atoms with E-state index in [0.29, 0.717) is 0 Å². The molecule has 0 radical (unpaired) electrons. The summed E-state index contributed by atoms with van der Waals surface area (Å²) in [5, 5.41) is 5.00. The summed E-state index contributed by atoms with van der Waals surface area (Å²) in [6, 6.07) is 8.38. The minimum atomic E-state index is 0.289. The molecule has 3 rings (SSSR count). The van der Waals surface area contributed by atoms with Crippen LogP contribution in [-0.4, -0.2) is 12.1 Å². The predicted molar refractivity (Wildman–Crippen MR) is 74.9 cm³/mol. The molecule has 1 aromatic carbocycles. The Hall–Kier alpha value is -1.28. The van der Waals surface area contributed by atoms with Crippen LogP contribution in [0.3, 0.4) is 0 Å². The quantitative estimate of drug-likeness (QED) is 0.886. The van der Waals surface area contributed by atoms with Crippen molar-refractivity contribution in [3.05, 3.63) is 35.6 Å². The van der Waals surface area contributed by atoms with Crippen LogP contribution in [0.2, 0.25) is 0 Å². The third-order valence-corrected chi connectivity index (χ3v) is 4.42. The summed E-state index contributed by atoms with van der Waals surface area (Å²) >= 11 is 0. The van der Waals surface area contributed by atoms with Gasteiger partial charge in [-0.1, -0.05) is 25.1 Å². The largest absolute Gasteiger partial charge is 0.461 e. The Morgan fingerprint density at radius 1 is 1.33 bits per heavy atom. The monoisotopic (exact) mass is 243 g/mol. The van der Waals surface area contributed by atoms with Crippen LogP contribution in [-0.2, 0) is 6.42 Å². The van der Waals surface area contributed by atoms with E-state index in [1.165, 1.54) is 30.2 Å². The summed E-state index contributed by atoms with van der Waals surface area (Å²) < 4.78 is 5.87. The van der Waals surface area contributed by atoms with E-state index in [0.717, 1.165) is 24.3 Å². The van der Waals surface area contributed by atoms with Gasteiger partial charge in [-0.2, -0.15) is 0 Å². The number of para-hydroxylation sites is 1. The Kier molecular flexibility index (Phi) is 2.90. The van der Waals surface area contributed by atoms with Crippen molar-refractivity contribution in [1.82, 2.24) is 5.32 Å². The number of furan rings is 1. The minimum Gasteiger partial charge on any atom is -0.461 e. The number of hydrogen-bond donors (Lipinski definition) is 1. The number of nitrogens with one attached hydrogen (secondary N) is 1. The van der Waals surface area contributed by atoms with Crippen LogP contribution >= 0.6 is 0 Å².